The van der Waals surface area contributed by atoms with E-state index in [2.05, 4.69) is 4.99 Å². The quantitative estimate of drug-likeness (QED) is 0.480. The molecule has 1 heterocycles. The second-order valence-corrected chi connectivity index (χ2v) is 4.17. The molecule has 1 saturated heterocycles. The lowest BCUT2D eigenvalue weighted by Gasteiger charge is -2.25. The summed E-state index contributed by atoms with van der Waals surface area (Å²) in [5.41, 5.74) is -0.560. The van der Waals surface area contributed by atoms with Gasteiger partial charge in [0.25, 0.3) is 0 Å². The molecule has 4 nitrogen and oxygen atoms in total. The third-order valence-corrected chi connectivity index (χ3v) is 2.13. The third kappa shape index (κ3) is 2.37. The van der Waals surface area contributed by atoms with E-state index < -0.39 is 11.3 Å². The number of hydrogen-bond donors (Lipinski definition) is 0. The first-order valence-electron chi connectivity index (χ1n) is 4.28. The number of hydrogen-bond acceptors (Lipinski definition) is 4. The first kappa shape index (κ1) is 10.4. The van der Waals surface area contributed by atoms with Crippen LogP contribution in [0.1, 0.15) is 27.7 Å². The maximum atomic E-state index is 10.2. The number of nitrogens with zero attached hydrogens (tertiary/aromatic N) is 1. The Kier molecular flexibility index (Phi) is 2.57. The van der Waals surface area contributed by atoms with Crippen molar-refractivity contribution in [2.75, 3.05) is 6.61 Å². The molecule has 0 N–H and O–H groups in total. The largest absolute Gasteiger partial charge is 0.348 e. The van der Waals surface area contributed by atoms with Gasteiger partial charge in [0.05, 0.1) is 12.1 Å². The normalized spacial score (nSPS) is 26.9. The van der Waals surface area contributed by atoms with Crippen molar-refractivity contribution in [2.45, 2.75) is 45.1 Å². The van der Waals surface area contributed by atoms with E-state index in [-0.39, 0.29) is 6.10 Å². The van der Waals surface area contributed by atoms with Crippen LogP contribution in [0.3, 0.4) is 0 Å². The highest BCUT2D eigenvalue weighted by molar-refractivity contribution is 5.34. The van der Waals surface area contributed by atoms with E-state index in [0.29, 0.717) is 6.61 Å². The molecule has 0 radical (unpaired) electrons. The predicted molar refractivity (Wildman–Crippen MR) is 47.1 cm³/mol. The van der Waals surface area contributed by atoms with Crippen molar-refractivity contribution in [2.24, 2.45) is 4.99 Å². The predicted octanol–water partition coefficient (Wildman–Crippen LogP) is 1.25. The van der Waals surface area contributed by atoms with Crippen LogP contribution < -0.4 is 0 Å². The van der Waals surface area contributed by atoms with E-state index in [9.17, 15) is 4.79 Å². The third-order valence-electron chi connectivity index (χ3n) is 2.13. The molecule has 1 unspecified atom stereocenters. The maximum Gasteiger partial charge on any atom is 0.235 e. The molecule has 74 valence electrons. The molecule has 1 atom stereocenters. The number of isocyanates is 1. The average molecular weight is 185 g/mol. The zero-order chi connectivity index (χ0) is 10.1. The molecule has 1 aliphatic rings. The van der Waals surface area contributed by atoms with Gasteiger partial charge in [-0.3, -0.25) is 0 Å². The van der Waals surface area contributed by atoms with Gasteiger partial charge in [-0.25, -0.2) is 4.79 Å². The minimum Gasteiger partial charge on any atom is -0.348 e. The van der Waals surface area contributed by atoms with E-state index in [4.69, 9.17) is 9.47 Å². The van der Waals surface area contributed by atoms with Crippen LogP contribution in [-0.4, -0.2) is 30.1 Å². The Hall–Kier alpha value is -0.700. The van der Waals surface area contributed by atoms with Crippen molar-refractivity contribution in [3.05, 3.63) is 0 Å². The summed E-state index contributed by atoms with van der Waals surface area (Å²) in [7, 11) is 0. The van der Waals surface area contributed by atoms with Crippen molar-refractivity contribution in [1.29, 1.82) is 0 Å². The summed E-state index contributed by atoms with van der Waals surface area (Å²) < 4.78 is 10.9. The standard InChI is InChI=1S/C9H15NO3/c1-8(2,10-6-11)7-5-12-9(3,4)13-7/h7H,5H2,1-4H3. The maximum absolute atomic E-state index is 10.2. The fraction of sp³-hybridized carbons (Fsp3) is 0.889. The van der Waals surface area contributed by atoms with Crippen LogP contribution in [0, 0.1) is 0 Å². The summed E-state index contributed by atoms with van der Waals surface area (Å²) >= 11 is 0. The van der Waals surface area contributed by atoms with Crippen molar-refractivity contribution in [3.63, 3.8) is 0 Å². The lowest BCUT2D eigenvalue weighted by molar-refractivity contribution is -0.144. The fourth-order valence-electron chi connectivity index (χ4n) is 1.22. The molecular weight excluding hydrogens is 170 g/mol. The average Bonchev–Trinajstić information content (AvgIpc) is 2.30. The minimum absolute atomic E-state index is 0.177. The summed E-state index contributed by atoms with van der Waals surface area (Å²) in [6.45, 7) is 7.80. The van der Waals surface area contributed by atoms with Crippen LogP contribution in [0.25, 0.3) is 0 Å². The Morgan fingerprint density at radius 2 is 2.15 bits per heavy atom. The van der Waals surface area contributed by atoms with Crippen LogP contribution in [-0.2, 0) is 14.3 Å². The van der Waals surface area contributed by atoms with Gasteiger partial charge in [-0.2, -0.15) is 4.99 Å². The molecule has 0 aromatic rings. The zero-order valence-corrected chi connectivity index (χ0v) is 8.46. The first-order chi connectivity index (χ1) is 5.87. The molecular formula is C9H15NO3. The van der Waals surface area contributed by atoms with Gasteiger partial charge < -0.3 is 9.47 Å². The van der Waals surface area contributed by atoms with Crippen LogP contribution in [0.2, 0.25) is 0 Å². The van der Waals surface area contributed by atoms with Crippen molar-refractivity contribution in [3.8, 4) is 0 Å². The second-order valence-electron chi connectivity index (χ2n) is 4.17. The highest BCUT2D eigenvalue weighted by atomic mass is 16.7. The smallest absolute Gasteiger partial charge is 0.235 e. The van der Waals surface area contributed by atoms with Gasteiger partial charge in [0.2, 0.25) is 6.08 Å². The SMILES string of the molecule is CC1(C)OCC(C(C)(C)N=C=O)O1. The van der Waals surface area contributed by atoms with E-state index in [0.717, 1.165) is 0 Å². The Bertz CT molecular complexity index is 241. The molecule has 0 aromatic carbocycles. The van der Waals surface area contributed by atoms with Crippen LogP contribution in [0.4, 0.5) is 0 Å². The monoisotopic (exact) mass is 185 g/mol. The van der Waals surface area contributed by atoms with Gasteiger partial charge in [-0.1, -0.05) is 0 Å². The molecule has 0 amide bonds. The van der Waals surface area contributed by atoms with Gasteiger partial charge >= 0.3 is 0 Å². The van der Waals surface area contributed by atoms with Gasteiger partial charge in [-0.15, -0.1) is 0 Å². The Balaban J connectivity index is 2.70. The molecule has 0 saturated carbocycles. The molecule has 0 bridgehead atoms. The van der Waals surface area contributed by atoms with Gasteiger partial charge in [0.1, 0.15) is 6.10 Å². The number of aliphatic imine (C=N–C) groups is 1. The molecule has 1 aliphatic heterocycles. The number of carbonyl (C=O) groups excluding carboxylic acids is 1. The van der Waals surface area contributed by atoms with E-state index in [1.807, 2.05) is 27.7 Å². The summed E-state index contributed by atoms with van der Waals surface area (Å²) in [4.78, 5) is 13.8. The summed E-state index contributed by atoms with van der Waals surface area (Å²) in [6, 6.07) is 0. The lowest BCUT2D eigenvalue weighted by Crippen LogP contribution is -2.37. The molecule has 0 spiro atoms. The summed E-state index contributed by atoms with van der Waals surface area (Å²) in [5, 5.41) is 0. The Morgan fingerprint density at radius 1 is 1.54 bits per heavy atom. The summed E-state index contributed by atoms with van der Waals surface area (Å²) in [5.74, 6) is -0.569. The number of ether oxygens (including phenoxy) is 2. The first-order valence-corrected chi connectivity index (χ1v) is 4.28. The Morgan fingerprint density at radius 3 is 2.54 bits per heavy atom. The molecule has 1 rings (SSSR count). The van der Waals surface area contributed by atoms with E-state index in [1.54, 1.807) is 6.08 Å². The minimum atomic E-state index is -0.569. The van der Waals surface area contributed by atoms with Crippen molar-refractivity contribution < 1.29 is 14.3 Å². The fourth-order valence-corrected chi connectivity index (χ4v) is 1.22. The van der Waals surface area contributed by atoms with E-state index in [1.165, 1.54) is 0 Å². The van der Waals surface area contributed by atoms with E-state index >= 15 is 0 Å². The van der Waals surface area contributed by atoms with Crippen LogP contribution >= 0.6 is 0 Å². The number of rotatable bonds is 2. The van der Waals surface area contributed by atoms with Gasteiger partial charge in [0.15, 0.2) is 5.79 Å². The highest BCUT2D eigenvalue weighted by Gasteiger charge is 2.41. The Labute approximate surface area is 77.9 Å². The molecule has 1 fully saturated rings. The van der Waals surface area contributed by atoms with Crippen molar-refractivity contribution in [1.82, 2.24) is 0 Å². The second kappa shape index (κ2) is 3.22. The molecule has 13 heavy (non-hydrogen) atoms. The topological polar surface area (TPSA) is 47.9 Å². The zero-order valence-electron chi connectivity index (χ0n) is 8.46. The summed E-state index contributed by atoms with van der Waals surface area (Å²) in [6.07, 6.45) is 1.37. The highest BCUT2D eigenvalue weighted by Crippen LogP contribution is 2.30. The van der Waals surface area contributed by atoms with Crippen LogP contribution in [0.15, 0.2) is 4.99 Å². The van der Waals surface area contributed by atoms with Crippen LogP contribution in [0.5, 0.6) is 0 Å². The molecule has 4 heteroatoms. The lowest BCUT2D eigenvalue weighted by atomic mass is 9.99. The van der Waals surface area contributed by atoms with Crippen molar-refractivity contribution >= 4 is 6.08 Å². The van der Waals surface area contributed by atoms with Gasteiger partial charge in [-0.05, 0) is 27.7 Å². The molecule has 0 aliphatic carbocycles. The van der Waals surface area contributed by atoms with Gasteiger partial charge in [0, 0.05) is 0 Å². The molecule has 0 aromatic heterocycles.